The first kappa shape index (κ1) is 15.8. The van der Waals surface area contributed by atoms with E-state index in [4.69, 9.17) is 0 Å². The number of carbonyl (C=O) groups excluding carboxylic acids is 1. The van der Waals surface area contributed by atoms with Gasteiger partial charge >= 0.3 is 5.51 Å². The van der Waals surface area contributed by atoms with Gasteiger partial charge in [-0.25, -0.2) is 0 Å². The van der Waals surface area contributed by atoms with Crippen molar-refractivity contribution in [2.24, 2.45) is 5.92 Å². The van der Waals surface area contributed by atoms with Gasteiger partial charge in [-0.1, -0.05) is 6.92 Å². The van der Waals surface area contributed by atoms with E-state index in [-0.39, 0.29) is 28.5 Å². The van der Waals surface area contributed by atoms with Crippen LogP contribution in [0.1, 0.15) is 6.92 Å². The predicted molar refractivity (Wildman–Crippen MR) is 70.1 cm³/mol. The highest BCUT2D eigenvalue weighted by atomic mass is 32.2. The van der Waals surface area contributed by atoms with Crippen molar-refractivity contribution in [3.63, 3.8) is 0 Å². The van der Waals surface area contributed by atoms with Crippen molar-refractivity contribution in [3.8, 4) is 0 Å². The second-order valence-corrected chi connectivity index (χ2v) is 5.16. The van der Waals surface area contributed by atoms with Gasteiger partial charge in [0.2, 0.25) is 5.91 Å². The maximum absolute atomic E-state index is 12.1. The second-order valence-electron chi connectivity index (χ2n) is 4.02. The molecule has 0 aliphatic rings. The molecule has 0 radical (unpaired) electrons. The van der Waals surface area contributed by atoms with E-state index < -0.39 is 5.51 Å². The summed E-state index contributed by atoms with van der Waals surface area (Å²) in [4.78, 5) is 11.8. The van der Waals surface area contributed by atoms with E-state index in [2.05, 4.69) is 10.6 Å². The quantitative estimate of drug-likeness (QED) is 0.819. The summed E-state index contributed by atoms with van der Waals surface area (Å²) >= 11 is -0.180. The van der Waals surface area contributed by atoms with E-state index >= 15 is 0 Å². The lowest BCUT2D eigenvalue weighted by Gasteiger charge is -2.12. The Morgan fingerprint density at radius 2 is 1.89 bits per heavy atom. The van der Waals surface area contributed by atoms with Gasteiger partial charge in [0.05, 0.1) is 0 Å². The Morgan fingerprint density at radius 3 is 2.37 bits per heavy atom. The molecule has 0 saturated heterocycles. The van der Waals surface area contributed by atoms with Gasteiger partial charge in [-0.2, -0.15) is 13.2 Å². The third-order valence-corrected chi connectivity index (χ3v) is 3.05. The lowest BCUT2D eigenvalue weighted by molar-refractivity contribution is -0.119. The van der Waals surface area contributed by atoms with Crippen LogP contribution >= 0.6 is 11.8 Å². The van der Waals surface area contributed by atoms with Crippen molar-refractivity contribution in [2.75, 3.05) is 18.9 Å². The molecule has 0 saturated carbocycles. The highest BCUT2D eigenvalue weighted by Crippen LogP contribution is 2.37. The van der Waals surface area contributed by atoms with Gasteiger partial charge in [-0.3, -0.25) is 4.79 Å². The molecule has 0 fully saturated rings. The van der Waals surface area contributed by atoms with Crippen molar-refractivity contribution in [2.45, 2.75) is 17.3 Å². The Balaban J connectivity index is 2.59. The van der Waals surface area contributed by atoms with Gasteiger partial charge in [-0.15, -0.1) is 0 Å². The number of nitrogens with one attached hydrogen (secondary N) is 2. The molecule has 0 aliphatic carbocycles. The lowest BCUT2D eigenvalue weighted by Crippen LogP contribution is -2.28. The van der Waals surface area contributed by atoms with E-state index in [0.29, 0.717) is 12.2 Å². The molecule has 0 spiro atoms. The van der Waals surface area contributed by atoms with Crippen LogP contribution in [-0.2, 0) is 4.79 Å². The second kappa shape index (κ2) is 6.81. The average Bonchev–Trinajstić information content (AvgIpc) is 2.30. The fourth-order valence-corrected chi connectivity index (χ4v) is 1.94. The number of thioether (sulfide) groups is 1. The van der Waals surface area contributed by atoms with E-state index in [1.54, 1.807) is 14.0 Å². The van der Waals surface area contributed by atoms with E-state index in [1.165, 1.54) is 24.3 Å². The standard InChI is InChI=1S/C12H15F3N2OS/c1-8(7-16-2)11(18)17-9-3-5-10(6-4-9)19-12(13,14)15/h3-6,8,16H,7H2,1-2H3,(H,17,18). The van der Waals surface area contributed by atoms with Gasteiger partial charge in [0.1, 0.15) is 0 Å². The number of carbonyl (C=O) groups is 1. The van der Waals surface area contributed by atoms with Gasteiger partial charge in [0, 0.05) is 23.0 Å². The summed E-state index contributed by atoms with van der Waals surface area (Å²) in [5.41, 5.74) is -3.81. The molecule has 3 nitrogen and oxygen atoms in total. The molecule has 0 bridgehead atoms. The molecule has 1 atom stereocenters. The normalized spacial score (nSPS) is 13.1. The zero-order valence-corrected chi connectivity index (χ0v) is 11.4. The minimum absolute atomic E-state index is 0.0915. The SMILES string of the molecule is CNCC(C)C(=O)Nc1ccc(SC(F)(F)F)cc1. The maximum Gasteiger partial charge on any atom is 0.446 e. The Morgan fingerprint density at radius 1 is 1.32 bits per heavy atom. The van der Waals surface area contributed by atoms with Crippen LogP contribution in [0.4, 0.5) is 18.9 Å². The van der Waals surface area contributed by atoms with E-state index in [9.17, 15) is 18.0 Å². The van der Waals surface area contributed by atoms with Crippen LogP contribution in [0.25, 0.3) is 0 Å². The molecule has 0 heterocycles. The monoisotopic (exact) mass is 292 g/mol. The number of alkyl halides is 3. The van der Waals surface area contributed by atoms with Gasteiger partial charge < -0.3 is 10.6 Å². The van der Waals surface area contributed by atoms with Crippen LogP contribution in [0.2, 0.25) is 0 Å². The third-order valence-electron chi connectivity index (χ3n) is 2.31. The molecule has 0 aliphatic heterocycles. The number of hydrogen-bond acceptors (Lipinski definition) is 3. The van der Waals surface area contributed by atoms with Crippen molar-refractivity contribution < 1.29 is 18.0 Å². The molecule has 2 N–H and O–H groups in total. The Labute approximate surface area is 114 Å². The number of benzene rings is 1. The first-order valence-electron chi connectivity index (χ1n) is 5.63. The summed E-state index contributed by atoms with van der Waals surface area (Å²) < 4.78 is 36.4. The summed E-state index contributed by atoms with van der Waals surface area (Å²) in [7, 11) is 1.74. The number of rotatable bonds is 5. The molecule has 106 valence electrons. The fourth-order valence-electron chi connectivity index (χ4n) is 1.40. The number of anilines is 1. The Hall–Kier alpha value is -1.21. The number of halogens is 3. The largest absolute Gasteiger partial charge is 0.446 e. The first-order chi connectivity index (χ1) is 8.81. The molecule has 1 amide bonds. The first-order valence-corrected chi connectivity index (χ1v) is 6.45. The summed E-state index contributed by atoms with van der Waals surface area (Å²) in [5, 5.41) is 5.53. The van der Waals surface area contributed by atoms with Crippen LogP contribution in [0.5, 0.6) is 0 Å². The zero-order valence-electron chi connectivity index (χ0n) is 10.5. The van der Waals surface area contributed by atoms with Gasteiger partial charge in [-0.05, 0) is 43.1 Å². The van der Waals surface area contributed by atoms with Crippen LogP contribution in [-0.4, -0.2) is 25.0 Å². The fraction of sp³-hybridized carbons (Fsp3) is 0.417. The molecule has 1 rings (SSSR count). The van der Waals surface area contributed by atoms with Crippen LogP contribution in [0.3, 0.4) is 0 Å². The van der Waals surface area contributed by atoms with Crippen LogP contribution < -0.4 is 10.6 Å². The zero-order chi connectivity index (χ0) is 14.5. The minimum atomic E-state index is -4.30. The van der Waals surface area contributed by atoms with Crippen LogP contribution in [0.15, 0.2) is 29.2 Å². The van der Waals surface area contributed by atoms with Crippen LogP contribution in [0, 0.1) is 5.92 Å². The van der Waals surface area contributed by atoms with Gasteiger partial charge in [0.25, 0.3) is 0 Å². The van der Waals surface area contributed by atoms with E-state index in [0.717, 1.165) is 0 Å². The average molecular weight is 292 g/mol. The Bertz CT molecular complexity index is 420. The smallest absolute Gasteiger partial charge is 0.326 e. The number of hydrogen-bond donors (Lipinski definition) is 2. The molecule has 7 heteroatoms. The lowest BCUT2D eigenvalue weighted by atomic mass is 10.1. The highest BCUT2D eigenvalue weighted by molar-refractivity contribution is 8.00. The van der Waals surface area contributed by atoms with Crippen molar-refractivity contribution >= 4 is 23.4 Å². The summed E-state index contributed by atoms with van der Waals surface area (Å²) in [6, 6.07) is 5.57. The molecule has 1 aromatic rings. The minimum Gasteiger partial charge on any atom is -0.326 e. The van der Waals surface area contributed by atoms with E-state index in [1.807, 2.05) is 0 Å². The Kier molecular flexibility index (Phi) is 5.68. The summed E-state index contributed by atoms with van der Waals surface area (Å²) in [5.74, 6) is -0.389. The topological polar surface area (TPSA) is 41.1 Å². The van der Waals surface area contributed by atoms with Crippen molar-refractivity contribution in [1.82, 2.24) is 5.32 Å². The molecule has 1 unspecified atom stereocenters. The molecule has 1 aromatic carbocycles. The molecule has 0 aromatic heterocycles. The molecule has 19 heavy (non-hydrogen) atoms. The van der Waals surface area contributed by atoms with Crippen molar-refractivity contribution in [3.05, 3.63) is 24.3 Å². The third kappa shape index (κ3) is 5.98. The number of amides is 1. The maximum atomic E-state index is 12.1. The summed E-state index contributed by atoms with van der Waals surface area (Å²) in [6.45, 7) is 2.30. The highest BCUT2D eigenvalue weighted by Gasteiger charge is 2.29. The predicted octanol–water partition coefficient (Wildman–Crippen LogP) is 3.09. The summed E-state index contributed by atoms with van der Waals surface area (Å²) in [6.07, 6.45) is 0. The molecular formula is C12H15F3N2OS. The molecular weight excluding hydrogens is 277 g/mol. The van der Waals surface area contributed by atoms with Gasteiger partial charge in [0.15, 0.2) is 0 Å². The van der Waals surface area contributed by atoms with Crippen molar-refractivity contribution in [1.29, 1.82) is 0 Å².